The maximum atomic E-state index is 12.7. The molecule has 3 aromatic rings. The van der Waals surface area contributed by atoms with Gasteiger partial charge in [0.25, 0.3) is 0 Å². The van der Waals surface area contributed by atoms with E-state index in [4.69, 9.17) is 14.2 Å². The molecule has 0 aliphatic carbocycles. The molecule has 0 saturated carbocycles. The largest absolute Gasteiger partial charge is 0.494 e. The minimum atomic E-state index is -0.317. The van der Waals surface area contributed by atoms with Crippen molar-refractivity contribution in [2.45, 2.75) is 34.1 Å². The van der Waals surface area contributed by atoms with E-state index in [1.54, 1.807) is 0 Å². The van der Waals surface area contributed by atoms with E-state index < -0.39 is 0 Å². The fraction of sp³-hybridized carbons (Fsp3) is 0.348. The second-order valence-corrected chi connectivity index (χ2v) is 6.47. The number of fused-ring (bicyclic) bond motifs is 1. The SMILES string of the molecule is CCCOc1ccc2c(c1)c(C(=O)OCC)c(C)n2-c1ccc(OCC)cc1. The first-order valence-electron chi connectivity index (χ1n) is 9.78. The predicted molar refractivity (Wildman–Crippen MR) is 111 cm³/mol. The highest BCUT2D eigenvalue weighted by Crippen LogP contribution is 2.33. The molecule has 2 aromatic carbocycles. The first-order chi connectivity index (χ1) is 13.6. The summed E-state index contributed by atoms with van der Waals surface area (Å²) in [5.74, 6) is 1.26. The zero-order chi connectivity index (χ0) is 20.1. The Morgan fingerprint density at radius 3 is 2.29 bits per heavy atom. The summed E-state index contributed by atoms with van der Waals surface area (Å²) in [7, 11) is 0. The Labute approximate surface area is 165 Å². The number of aromatic nitrogens is 1. The Kier molecular flexibility index (Phi) is 6.24. The summed E-state index contributed by atoms with van der Waals surface area (Å²) in [4.78, 5) is 12.7. The van der Waals surface area contributed by atoms with Gasteiger partial charge in [-0.2, -0.15) is 0 Å². The molecule has 28 heavy (non-hydrogen) atoms. The zero-order valence-electron chi connectivity index (χ0n) is 17.0. The van der Waals surface area contributed by atoms with Crippen molar-refractivity contribution in [2.24, 2.45) is 0 Å². The van der Waals surface area contributed by atoms with Crippen LogP contribution in [0.25, 0.3) is 16.6 Å². The number of ether oxygens (including phenoxy) is 3. The highest BCUT2D eigenvalue weighted by atomic mass is 16.5. The van der Waals surface area contributed by atoms with Gasteiger partial charge in [0, 0.05) is 16.8 Å². The predicted octanol–water partition coefficient (Wildman–Crippen LogP) is 5.30. The van der Waals surface area contributed by atoms with E-state index in [9.17, 15) is 4.79 Å². The number of nitrogens with zero attached hydrogens (tertiary/aromatic N) is 1. The molecular weight excluding hydrogens is 354 g/mol. The Morgan fingerprint density at radius 1 is 0.929 bits per heavy atom. The molecule has 0 radical (unpaired) electrons. The Balaban J connectivity index is 2.16. The van der Waals surface area contributed by atoms with Gasteiger partial charge in [0.05, 0.1) is 30.9 Å². The summed E-state index contributed by atoms with van der Waals surface area (Å²) >= 11 is 0. The maximum Gasteiger partial charge on any atom is 0.340 e. The molecule has 0 aliphatic rings. The highest BCUT2D eigenvalue weighted by molar-refractivity contribution is 6.07. The van der Waals surface area contributed by atoms with Gasteiger partial charge >= 0.3 is 5.97 Å². The molecule has 0 unspecified atom stereocenters. The van der Waals surface area contributed by atoms with Gasteiger partial charge in [0.2, 0.25) is 0 Å². The van der Waals surface area contributed by atoms with Crippen LogP contribution in [0.3, 0.4) is 0 Å². The molecule has 148 valence electrons. The third kappa shape index (κ3) is 3.84. The fourth-order valence-electron chi connectivity index (χ4n) is 3.36. The molecule has 5 heteroatoms. The van der Waals surface area contributed by atoms with Crippen LogP contribution in [0.2, 0.25) is 0 Å². The normalized spacial score (nSPS) is 10.9. The van der Waals surface area contributed by atoms with Crippen molar-refractivity contribution in [3.63, 3.8) is 0 Å². The van der Waals surface area contributed by atoms with E-state index >= 15 is 0 Å². The van der Waals surface area contributed by atoms with Gasteiger partial charge in [-0.25, -0.2) is 4.79 Å². The van der Waals surface area contributed by atoms with Crippen LogP contribution in [0.1, 0.15) is 43.2 Å². The minimum absolute atomic E-state index is 0.317. The van der Waals surface area contributed by atoms with Crippen LogP contribution in [-0.2, 0) is 4.74 Å². The maximum absolute atomic E-state index is 12.7. The lowest BCUT2D eigenvalue weighted by molar-refractivity contribution is 0.0527. The van der Waals surface area contributed by atoms with Gasteiger partial charge in [-0.05, 0) is 69.7 Å². The van der Waals surface area contributed by atoms with E-state index in [0.29, 0.717) is 25.4 Å². The van der Waals surface area contributed by atoms with Gasteiger partial charge < -0.3 is 18.8 Å². The number of carbonyl (C=O) groups is 1. The van der Waals surface area contributed by atoms with Gasteiger partial charge in [-0.1, -0.05) is 6.92 Å². The quantitative estimate of drug-likeness (QED) is 0.497. The molecule has 0 atom stereocenters. The number of hydrogen-bond donors (Lipinski definition) is 0. The Bertz CT molecular complexity index is 957. The number of esters is 1. The van der Waals surface area contributed by atoms with Crippen molar-refractivity contribution in [1.29, 1.82) is 0 Å². The minimum Gasteiger partial charge on any atom is -0.494 e. The summed E-state index contributed by atoms with van der Waals surface area (Å²) in [5.41, 5.74) is 3.32. The molecule has 0 saturated heterocycles. The first kappa shape index (κ1) is 19.8. The van der Waals surface area contributed by atoms with E-state index in [1.807, 2.05) is 63.2 Å². The van der Waals surface area contributed by atoms with Gasteiger partial charge in [-0.15, -0.1) is 0 Å². The van der Waals surface area contributed by atoms with Crippen LogP contribution < -0.4 is 9.47 Å². The van der Waals surface area contributed by atoms with Gasteiger partial charge in [-0.3, -0.25) is 0 Å². The standard InChI is InChI=1S/C23H27NO4/c1-5-14-28-19-12-13-21-20(15-19)22(23(25)27-7-3)16(4)24(21)17-8-10-18(11-9-17)26-6-2/h8-13,15H,5-7,14H2,1-4H3. The summed E-state index contributed by atoms with van der Waals surface area (Å²) in [6.45, 7) is 9.37. The lowest BCUT2D eigenvalue weighted by Gasteiger charge is -2.10. The number of carbonyl (C=O) groups excluding carboxylic acids is 1. The van der Waals surface area contributed by atoms with E-state index in [2.05, 4.69) is 11.5 Å². The smallest absolute Gasteiger partial charge is 0.340 e. The van der Waals surface area contributed by atoms with Crippen LogP contribution in [0, 0.1) is 6.92 Å². The number of hydrogen-bond acceptors (Lipinski definition) is 4. The molecule has 3 rings (SSSR count). The number of rotatable bonds is 8. The zero-order valence-corrected chi connectivity index (χ0v) is 17.0. The second-order valence-electron chi connectivity index (χ2n) is 6.47. The third-order valence-corrected chi connectivity index (χ3v) is 4.53. The molecule has 0 fully saturated rings. The molecule has 0 bridgehead atoms. The van der Waals surface area contributed by atoms with Crippen molar-refractivity contribution in [1.82, 2.24) is 4.57 Å². The second kappa shape index (κ2) is 8.83. The van der Waals surface area contributed by atoms with Crippen molar-refractivity contribution in [3.8, 4) is 17.2 Å². The van der Waals surface area contributed by atoms with Crippen LogP contribution in [0.5, 0.6) is 11.5 Å². The Hall–Kier alpha value is -2.95. The van der Waals surface area contributed by atoms with Crippen molar-refractivity contribution in [3.05, 3.63) is 53.7 Å². The lowest BCUT2D eigenvalue weighted by Crippen LogP contribution is -2.07. The molecule has 1 heterocycles. The van der Waals surface area contributed by atoms with Crippen LogP contribution in [0.4, 0.5) is 0 Å². The van der Waals surface area contributed by atoms with Crippen LogP contribution in [0.15, 0.2) is 42.5 Å². The number of benzene rings is 2. The van der Waals surface area contributed by atoms with Crippen LogP contribution >= 0.6 is 0 Å². The molecule has 0 amide bonds. The first-order valence-corrected chi connectivity index (χ1v) is 9.78. The molecular formula is C23H27NO4. The molecule has 1 aromatic heterocycles. The summed E-state index contributed by atoms with van der Waals surface area (Å²) in [6.07, 6.45) is 0.926. The van der Waals surface area contributed by atoms with Crippen LogP contribution in [-0.4, -0.2) is 30.4 Å². The molecule has 0 aliphatic heterocycles. The summed E-state index contributed by atoms with van der Waals surface area (Å²) in [5, 5.41) is 0.832. The lowest BCUT2D eigenvalue weighted by atomic mass is 10.1. The summed E-state index contributed by atoms with van der Waals surface area (Å²) in [6, 6.07) is 13.7. The third-order valence-electron chi connectivity index (χ3n) is 4.53. The average Bonchev–Trinajstić information content (AvgIpc) is 2.98. The van der Waals surface area contributed by atoms with Gasteiger partial charge in [0.15, 0.2) is 0 Å². The highest BCUT2D eigenvalue weighted by Gasteiger charge is 2.22. The Morgan fingerprint density at radius 2 is 1.64 bits per heavy atom. The molecule has 5 nitrogen and oxygen atoms in total. The van der Waals surface area contributed by atoms with Crippen molar-refractivity contribution >= 4 is 16.9 Å². The fourth-order valence-corrected chi connectivity index (χ4v) is 3.36. The van der Waals surface area contributed by atoms with E-state index in [0.717, 1.165) is 40.2 Å². The average molecular weight is 381 g/mol. The van der Waals surface area contributed by atoms with E-state index in [-0.39, 0.29) is 5.97 Å². The topological polar surface area (TPSA) is 49.7 Å². The van der Waals surface area contributed by atoms with Crippen molar-refractivity contribution < 1.29 is 19.0 Å². The van der Waals surface area contributed by atoms with Crippen molar-refractivity contribution in [2.75, 3.05) is 19.8 Å². The van der Waals surface area contributed by atoms with E-state index in [1.165, 1.54) is 0 Å². The van der Waals surface area contributed by atoms with Gasteiger partial charge in [0.1, 0.15) is 11.5 Å². The monoisotopic (exact) mass is 381 g/mol. The summed E-state index contributed by atoms with van der Waals surface area (Å²) < 4.78 is 18.7. The molecule has 0 N–H and O–H groups in total. The molecule has 0 spiro atoms.